The van der Waals surface area contributed by atoms with Gasteiger partial charge >= 0.3 is 31.2 Å². The van der Waals surface area contributed by atoms with E-state index in [1.54, 1.807) is 0 Å². The number of esters is 2. The van der Waals surface area contributed by atoms with Gasteiger partial charge in [-0.3, -0.25) is 0 Å². The Morgan fingerprint density at radius 2 is 1.78 bits per heavy atom. The Hall–Kier alpha value is -2.10. The highest BCUT2D eigenvalue weighted by molar-refractivity contribution is 6.50. The summed E-state index contributed by atoms with van der Waals surface area (Å²) in [7, 11) is 0.190. The van der Waals surface area contributed by atoms with E-state index in [4.69, 9.17) is 4.65 Å². The Labute approximate surface area is 101 Å². The van der Waals surface area contributed by atoms with Gasteiger partial charge in [-0.25, -0.2) is 19.2 Å². The van der Waals surface area contributed by atoms with Crippen molar-refractivity contribution in [2.45, 2.75) is 12.5 Å². The monoisotopic (exact) mass is 260 g/mol. The third kappa shape index (κ3) is 2.42. The maximum atomic E-state index is 11.4. The van der Waals surface area contributed by atoms with Crippen LogP contribution in [0.5, 0.6) is 0 Å². The molecule has 1 aliphatic heterocycles. The third-order valence-electron chi connectivity index (χ3n) is 2.05. The fourth-order valence-electron chi connectivity index (χ4n) is 1.06. The smallest absolute Gasteiger partial charge is 0.471 e. The molecule has 18 heavy (non-hydrogen) atoms. The SMILES string of the molecule is COC(=O)C(=O)OB1OC(=O)C(C)(C(=O)OC)O1. The minimum absolute atomic E-state index is 0.962. The van der Waals surface area contributed by atoms with Gasteiger partial charge in [-0.15, -0.1) is 0 Å². The number of carbonyl (C=O) groups is 4. The van der Waals surface area contributed by atoms with Crippen LogP contribution in [0.4, 0.5) is 0 Å². The normalized spacial score (nSPS) is 22.2. The van der Waals surface area contributed by atoms with Crippen molar-refractivity contribution in [2.75, 3.05) is 14.2 Å². The average Bonchev–Trinajstić information content (AvgIpc) is 2.63. The molecule has 1 unspecified atom stereocenters. The van der Waals surface area contributed by atoms with E-state index >= 15 is 0 Å². The van der Waals surface area contributed by atoms with Gasteiger partial charge in [0.25, 0.3) is 0 Å². The predicted octanol–water partition coefficient (Wildman–Crippen LogP) is -1.81. The molecular weight excluding hydrogens is 251 g/mol. The molecule has 1 heterocycles. The van der Waals surface area contributed by atoms with Gasteiger partial charge < -0.3 is 23.4 Å². The summed E-state index contributed by atoms with van der Waals surface area (Å²) in [6.45, 7) is 1.08. The number of carbonyl (C=O) groups excluding carboxylic acids is 4. The molecule has 0 amide bonds. The topological polar surface area (TPSA) is 114 Å². The van der Waals surface area contributed by atoms with Crippen molar-refractivity contribution in [2.24, 2.45) is 0 Å². The third-order valence-corrected chi connectivity index (χ3v) is 2.05. The molecule has 0 radical (unpaired) electrons. The first-order chi connectivity index (χ1) is 8.35. The molecule has 1 atom stereocenters. The minimum Gasteiger partial charge on any atom is -0.471 e. The van der Waals surface area contributed by atoms with Crippen LogP contribution in [0.25, 0.3) is 0 Å². The van der Waals surface area contributed by atoms with E-state index in [0.29, 0.717) is 0 Å². The minimum atomic E-state index is -2.05. The lowest BCUT2D eigenvalue weighted by Gasteiger charge is -2.15. The molecule has 10 heteroatoms. The molecule has 0 saturated carbocycles. The zero-order valence-corrected chi connectivity index (χ0v) is 9.75. The summed E-state index contributed by atoms with van der Waals surface area (Å²) < 4.78 is 22.0. The zero-order valence-electron chi connectivity index (χ0n) is 9.75. The van der Waals surface area contributed by atoms with Gasteiger partial charge in [-0.05, 0) is 6.92 Å². The average molecular weight is 260 g/mol. The Morgan fingerprint density at radius 1 is 1.17 bits per heavy atom. The number of hydrogen-bond donors (Lipinski definition) is 0. The van der Waals surface area contributed by atoms with Crippen LogP contribution in [-0.4, -0.2) is 51.0 Å². The molecule has 0 spiro atoms. The maximum Gasteiger partial charge on any atom is 0.793 e. The Kier molecular flexibility index (Phi) is 3.91. The molecule has 0 aromatic carbocycles. The van der Waals surface area contributed by atoms with E-state index in [2.05, 4.69) is 18.8 Å². The number of ether oxygens (including phenoxy) is 2. The second-order valence-electron chi connectivity index (χ2n) is 3.23. The first-order valence-electron chi connectivity index (χ1n) is 4.61. The number of methoxy groups -OCH3 is 2. The quantitative estimate of drug-likeness (QED) is 0.245. The summed E-state index contributed by atoms with van der Waals surface area (Å²) in [6, 6.07) is 0. The number of hydrogen-bond acceptors (Lipinski definition) is 9. The van der Waals surface area contributed by atoms with Crippen LogP contribution >= 0.6 is 0 Å². The van der Waals surface area contributed by atoms with Crippen LogP contribution in [-0.2, 0) is 42.6 Å². The van der Waals surface area contributed by atoms with Gasteiger partial charge in [-0.2, -0.15) is 0 Å². The van der Waals surface area contributed by atoms with Gasteiger partial charge in [0.15, 0.2) is 0 Å². The lowest BCUT2D eigenvalue weighted by molar-refractivity contribution is -0.165. The van der Waals surface area contributed by atoms with E-state index < -0.39 is 36.8 Å². The summed E-state index contributed by atoms with van der Waals surface area (Å²) >= 11 is 0. The van der Waals surface area contributed by atoms with E-state index in [1.807, 2.05) is 0 Å². The Bertz CT molecular complexity index is 405. The maximum absolute atomic E-state index is 11.4. The second kappa shape index (κ2) is 5.04. The highest BCUT2D eigenvalue weighted by Gasteiger charge is 2.59. The van der Waals surface area contributed by atoms with Crippen LogP contribution in [0, 0.1) is 0 Å². The second-order valence-corrected chi connectivity index (χ2v) is 3.23. The van der Waals surface area contributed by atoms with Crippen molar-refractivity contribution < 1.29 is 42.6 Å². The molecule has 1 aliphatic rings. The van der Waals surface area contributed by atoms with Crippen molar-refractivity contribution in [3.05, 3.63) is 0 Å². The van der Waals surface area contributed by atoms with E-state index in [9.17, 15) is 19.2 Å². The van der Waals surface area contributed by atoms with Crippen molar-refractivity contribution in [3.8, 4) is 0 Å². The molecule has 0 aromatic rings. The first-order valence-corrected chi connectivity index (χ1v) is 4.61. The van der Waals surface area contributed by atoms with Crippen molar-refractivity contribution in [1.82, 2.24) is 0 Å². The zero-order chi connectivity index (χ0) is 13.9. The van der Waals surface area contributed by atoms with Gasteiger partial charge in [0, 0.05) is 0 Å². The van der Waals surface area contributed by atoms with Crippen LogP contribution in [0.1, 0.15) is 6.92 Å². The molecule has 1 rings (SSSR count). The van der Waals surface area contributed by atoms with E-state index in [-0.39, 0.29) is 0 Å². The van der Waals surface area contributed by atoms with Gasteiger partial charge in [0.1, 0.15) is 0 Å². The van der Waals surface area contributed by atoms with E-state index in [0.717, 1.165) is 21.1 Å². The highest BCUT2D eigenvalue weighted by Crippen LogP contribution is 2.24. The standard InChI is InChI=1S/C8H9BO9/c1-8(6(12)15-3)7(13)17-9(18-8)16-5(11)4(10)14-2/h1-3H3. The van der Waals surface area contributed by atoms with Gasteiger partial charge in [-0.1, -0.05) is 0 Å². The predicted molar refractivity (Wildman–Crippen MR) is 51.5 cm³/mol. The highest BCUT2D eigenvalue weighted by atomic mass is 16.8. The van der Waals surface area contributed by atoms with Crippen LogP contribution < -0.4 is 0 Å². The fourth-order valence-corrected chi connectivity index (χ4v) is 1.06. The molecule has 1 saturated heterocycles. The summed E-state index contributed by atoms with van der Waals surface area (Å²) in [5.41, 5.74) is -2.05. The number of rotatable bonds is 2. The van der Waals surface area contributed by atoms with Gasteiger partial charge in [0.2, 0.25) is 5.60 Å². The molecule has 0 aromatic heterocycles. The Morgan fingerprint density at radius 3 is 2.28 bits per heavy atom. The molecule has 1 fully saturated rings. The summed E-state index contributed by atoms with van der Waals surface area (Å²) in [4.78, 5) is 44.4. The lowest BCUT2D eigenvalue weighted by atomic mass is 10.1. The largest absolute Gasteiger partial charge is 0.793 e. The molecule has 98 valence electrons. The van der Waals surface area contributed by atoms with E-state index in [1.165, 1.54) is 0 Å². The summed E-state index contributed by atoms with van der Waals surface area (Å²) in [5.74, 6) is -4.85. The van der Waals surface area contributed by atoms with Crippen molar-refractivity contribution in [3.63, 3.8) is 0 Å². The first kappa shape index (κ1) is 14.0. The van der Waals surface area contributed by atoms with Gasteiger partial charge in [0.05, 0.1) is 14.2 Å². The van der Waals surface area contributed by atoms with Crippen LogP contribution in [0.15, 0.2) is 0 Å². The summed E-state index contributed by atoms with van der Waals surface area (Å²) in [5, 5.41) is 0. The summed E-state index contributed by atoms with van der Waals surface area (Å²) in [6.07, 6.45) is 0. The van der Waals surface area contributed by atoms with Crippen LogP contribution in [0.3, 0.4) is 0 Å². The molecule has 0 N–H and O–H groups in total. The molecular formula is C8H9BO9. The van der Waals surface area contributed by atoms with Crippen molar-refractivity contribution >= 4 is 31.2 Å². The molecule has 0 aliphatic carbocycles. The van der Waals surface area contributed by atoms with Crippen LogP contribution in [0.2, 0.25) is 0 Å². The van der Waals surface area contributed by atoms with Crippen molar-refractivity contribution in [1.29, 1.82) is 0 Å². The lowest BCUT2D eigenvalue weighted by Crippen LogP contribution is -2.43. The fraction of sp³-hybridized carbons (Fsp3) is 0.500. The molecule has 0 bridgehead atoms. The Balaban J connectivity index is 2.70. The molecule has 9 nitrogen and oxygen atoms in total.